The Morgan fingerprint density at radius 2 is 1.25 bits per heavy atom. The molecule has 16 heavy (non-hydrogen) atoms. The largest absolute Gasteiger partial charge is 0.255 e. The van der Waals surface area contributed by atoms with Crippen molar-refractivity contribution in [3.63, 3.8) is 0 Å². The van der Waals surface area contributed by atoms with Crippen LogP contribution in [0.4, 0.5) is 0 Å². The summed E-state index contributed by atoms with van der Waals surface area (Å²) >= 11 is 10.1. The zero-order valence-electron chi connectivity index (χ0n) is 8.85. The van der Waals surface area contributed by atoms with Crippen LogP contribution < -0.4 is 0 Å². The van der Waals surface area contributed by atoms with Crippen LogP contribution in [-0.2, 0) is 0 Å². The van der Waals surface area contributed by atoms with Crippen LogP contribution in [0, 0.1) is 0 Å². The van der Waals surface area contributed by atoms with Gasteiger partial charge in [0.15, 0.2) is 0 Å². The van der Waals surface area contributed by atoms with E-state index in [1.54, 1.807) is 19.3 Å². The number of hydrogen-bond acceptors (Lipinski definition) is 2. The van der Waals surface area contributed by atoms with Crippen LogP contribution in [0.2, 0.25) is 0 Å². The number of hydrogen-bond donors (Lipinski definition) is 0. The summed E-state index contributed by atoms with van der Waals surface area (Å²) in [5, 5.41) is 0. The topological polar surface area (TPSA) is 25.8 Å². The zero-order valence-corrected chi connectivity index (χ0v) is 10.4. The molecule has 84 valence electrons. The molecule has 0 aliphatic carbocycles. The first-order valence-corrected chi connectivity index (χ1v) is 5.68. The quantitative estimate of drug-likeness (QED) is 0.721. The minimum Gasteiger partial charge on any atom is -0.255 e. The van der Waals surface area contributed by atoms with Crippen molar-refractivity contribution in [2.45, 2.75) is 11.8 Å². The zero-order chi connectivity index (χ0) is 11.8. The summed E-state index contributed by atoms with van der Waals surface area (Å²) in [5.74, 6) is 0. The number of rotatable bonds is 1. The lowest BCUT2D eigenvalue weighted by atomic mass is 10.2. The predicted molar refractivity (Wildman–Crippen MR) is 68.6 cm³/mol. The van der Waals surface area contributed by atoms with E-state index < -0.39 is 0 Å². The third kappa shape index (κ3) is 5.10. The smallest absolute Gasteiger partial charge is 0.105 e. The van der Waals surface area contributed by atoms with Crippen LogP contribution in [0.5, 0.6) is 0 Å². The normalized spacial score (nSPS) is 9.50. The summed E-state index contributed by atoms with van der Waals surface area (Å²) < 4.78 is 0. The van der Waals surface area contributed by atoms with Gasteiger partial charge in [-0.2, -0.15) is 0 Å². The summed E-state index contributed by atoms with van der Waals surface area (Å²) in [7, 11) is 0. The SMILES string of the molecule is CC(Cl)Cl.c1ccc(-c2ccccn2)nc1. The first kappa shape index (κ1) is 12.9. The van der Waals surface area contributed by atoms with Crippen LogP contribution >= 0.6 is 23.2 Å². The molecule has 0 spiro atoms. The van der Waals surface area contributed by atoms with E-state index in [4.69, 9.17) is 23.2 Å². The molecule has 4 heteroatoms. The minimum atomic E-state index is -0.222. The summed E-state index contributed by atoms with van der Waals surface area (Å²) in [6.45, 7) is 1.70. The van der Waals surface area contributed by atoms with Gasteiger partial charge in [0.25, 0.3) is 0 Å². The van der Waals surface area contributed by atoms with Crippen molar-refractivity contribution in [2.75, 3.05) is 0 Å². The highest BCUT2D eigenvalue weighted by molar-refractivity contribution is 6.43. The van der Waals surface area contributed by atoms with E-state index in [1.165, 1.54) is 0 Å². The Labute approximate surface area is 105 Å². The van der Waals surface area contributed by atoms with Crippen molar-refractivity contribution in [2.24, 2.45) is 0 Å². The van der Waals surface area contributed by atoms with E-state index >= 15 is 0 Å². The van der Waals surface area contributed by atoms with Crippen molar-refractivity contribution >= 4 is 23.2 Å². The summed E-state index contributed by atoms with van der Waals surface area (Å²) in [5.41, 5.74) is 1.83. The van der Waals surface area contributed by atoms with E-state index in [0.717, 1.165) is 11.4 Å². The number of alkyl halides is 2. The molecular weight excluding hydrogens is 243 g/mol. The van der Waals surface area contributed by atoms with Gasteiger partial charge in [0, 0.05) is 12.4 Å². The summed E-state index contributed by atoms with van der Waals surface area (Å²) in [6.07, 6.45) is 3.54. The second-order valence-corrected chi connectivity index (χ2v) is 4.48. The van der Waals surface area contributed by atoms with Gasteiger partial charge in [-0.25, -0.2) is 0 Å². The number of nitrogens with zero attached hydrogens (tertiary/aromatic N) is 2. The fourth-order valence-electron chi connectivity index (χ4n) is 1.03. The monoisotopic (exact) mass is 254 g/mol. The predicted octanol–water partition coefficient (Wildman–Crippen LogP) is 3.95. The molecule has 0 bridgehead atoms. The van der Waals surface area contributed by atoms with Crippen LogP contribution in [0.15, 0.2) is 48.8 Å². The first-order valence-electron chi connectivity index (χ1n) is 4.80. The molecule has 2 aromatic rings. The number of pyridine rings is 2. The van der Waals surface area contributed by atoms with E-state index in [9.17, 15) is 0 Å². The molecule has 0 aliphatic rings. The summed E-state index contributed by atoms with van der Waals surface area (Å²) in [6, 6.07) is 11.6. The third-order valence-corrected chi connectivity index (χ3v) is 1.59. The molecule has 0 N–H and O–H groups in total. The van der Waals surface area contributed by atoms with Crippen molar-refractivity contribution in [3.05, 3.63) is 48.8 Å². The van der Waals surface area contributed by atoms with Crippen molar-refractivity contribution in [1.82, 2.24) is 9.97 Å². The lowest BCUT2D eigenvalue weighted by molar-refractivity contribution is 1.25. The van der Waals surface area contributed by atoms with E-state index in [2.05, 4.69) is 9.97 Å². The van der Waals surface area contributed by atoms with E-state index in [-0.39, 0.29) is 4.84 Å². The van der Waals surface area contributed by atoms with Gasteiger partial charge >= 0.3 is 0 Å². The Morgan fingerprint density at radius 1 is 0.875 bits per heavy atom. The minimum absolute atomic E-state index is 0.222. The van der Waals surface area contributed by atoms with Gasteiger partial charge in [-0.05, 0) is 31.2 Å². The molecule has 0 saturated heterocycles. The fourth-order valence-corrected chi connectivity index (χ4v) is 1.03. The highest BCUT2D eigenvalue weighted by atomic mass is 35.5. The first-order chi connectivity index (χ1) is 7.70. The summed E-state index contributed by atoms with van der Waals surface area (Å²) in [4.78, 5) is 8.15. The Morgan fingerprint density at radius 3 is 1.50 bits per heavy atom. The van der Waals surface area contributed by atoms with Crippen molar-refractivity contribution in [1.29, 1.82) is 0 Å². The van der Waals surface area contributed by atoms with Gasteiger partial charge in [0.05, 0.1) is 11.4 Å². The van der Waals surface area contributed by atoms with Gasteiger partial charge < -0.3 is 0 Å². The molecule has 0 fully saturated rings. The van der Waals surface area contributed by atoms with Gasteiger partial charge in [0.2, 0.25) is 0 Å². The van der Waals surface area contributed by atoms with Gasteiger partial charge in [-0.3, -0.25) is 9.97 Å². The third-order valence-electron chi connectivity index (χ3n) is 1.59. The Kier molecular flexibility index (Phi) is 5.83. The van der Waals surface area contributed by atoms with E-state index in [1.807, 2.05) is 36.4 Å². The molecule has 0 radical (unpaired) electrons. The highest BCUT2D eigenvalue weighted by Gasteiger charge is 1.95. The molecule has 0 saturated carbocycles. The van der Waals surface area contributed by atoms with E-state index in [0.29, 0.717) is 0 Å². The molecule has 2 rings (SSSR count). The Hall–Kier alpha value is -1.12. The maximum Gasteiger partial charge on any atom is 0.105 e. The molecule has 2 nitrogen and oxygen atoms in total. The number of aromatic nitrogens is 2. The molecule has 0 aromatic carbocycles. The van der Waals surface area contributed by atoms with Gasteiger partial charge in [-0.1, -0.05) is 12.1 Å². The molecule has 0 aliphatic heterocycles. The molecule has 0 unspecified atom stereocenters. The van der Waals surface area contributed by atoms with Crippen molar-refractivity contribution in [3.8, 4) is 11.4 Å². The molecule has 0 atom stereocenters. The van der Waals surface area contributed by atoms with Gasteiger partial charge in [-0.15, -0.1) is 23.2 Å². The fraction of sp³-hybridized carbons (Fsp3) is 0.167. The van der Waals surface area contributed by atoms with Crippen LogP contribution in [0.3, 0.4) is 0 Å². The lowest BCUT2D eigenvalue weighted by Crippen LogP contribution is -1.83. The number of halogens is 2. The van der Waals surface area contributed by atoms with Gasteiger partial charge in [0.1, 0.15) is 4.84 Å². The van der Waals surface area contributed by atoms with Crippen LogP contribution in [-0.4, -0.2) is 14.8 Å². The lowest BCUT2D eigenvalue weighted by Gasteiger charge is -1.96. The molecular formula is C12H12Cl2N2. The average Bonchev–Trinajstić information content (AvgIpc) is 2.31. The van der Waals surface area contributed by atoms with Crippen LogP contribution in [0.1, 0.15) is 6.92 Å². The van der Waals surface area contributed by atoms with Crippen molar-refractivity contribution < 1.29 is 0 Å². The Bertz CT molecular complexity index is 350. The molecule has 2 heterocycles. The maximum atomic E-state index is 5.04. The standard InChI is InChI=1S/C10H8N2.C2H4Cl2/c1-3-7-11-9(5-1)10-6-2-4-8-12-10;1-2(3)4/h1-8H;2H,1H3. The van der Waals surface area contributed by atoms with Crippen LogP contribution in [0.25, 0.3) is 11.4 Å². The second kappa shape index (κ2) is 7.20. The Balaban J connectivity index is 0.000000280. The molecule has 2 aromatic heterocycles. The maximum absolute atomic E-state index is 5.04. The molecule has 0 amide bonds. The average molecular weight is 255 g/mol. The highest BCUT2D eigenvalue weighted by Crippen LogP contribution is 2.10. The second-order valence-electron chi connectivity index (χ2n) is 2.95.